The molecule has 0 aliphatic rings. The van der Waals surface area contributed by atoms with Crippen molar-refractivity contribution in [1.82, 2.24) is 20.6 Å². The van der Waals surface area contributed by atoms with E-state index < -0.39 is 0 Å². The number of benzene rings is 1. The monoisotopic (exact) mass is 553 g/mol. The second kappa shape index (κ2) is 10.9. The molecule has 0 aliphatic heterocycles. The highest BCUT2D eigenvalue weighted by Crippen LogP contribution is 2.31. The van der Waals surface area contributed by atoms with E-state index in [9.17, 15) is 0 Å². The van der Waals surface area contributed by atoms with E-state index in [1.54, 1.807) is 22.7 Å². The summed E-state index contributed by atoms with van der Waals surface area (Å²) in [4.78, 5) is 14.9. The lowest BCUT2D eigenvalue weighted by Crippen LogP contribution is -2.38. The largest absolute Gasteiger partial charge is 0.457 e. The topological polar surface area (TPSA) is 75.3 Å². The molecule has 0 spiro atoms. The van der Waals surface area contributed by atoms with Crippen molar-refractivity contribution in [2.75, 3.05) is 13.1 Å². The smallest absolute Gasteiger partial charge is 0.191 e. The van der Waals surface area contributed by atoms with Gasteiger partial charge in [0, 0.05) is 30.6 Å². The van der Waals surface area contributed by atoms with Gasteiger partial charge in [-0.15, -0.1) is 46.7 Å². The van der Waals surface area contributed by atoms with Crippen molar-refractivity contribution in [3.8, 4) is 10.8 Å². The quantitative estimate of drug-likeness (QED) is 0.186. The molecule has 0 radical (unpaired) electrons. The third-order valence-electron chi connectivity index (χ3n) is 4.20. The van der Waals surface area contributed by atoms with Crippen molar-refractivity contribution >= 4 is 62.8 Å². The molecule has 6 nitrogen and oxygen atoms in total. The summed E-state index contributed by atoms with van der Waals surface area (Å²) in [5.41, 5.74) is 0.998. The lowest BCUT2D eigenvalue weighted by atomic mass is 10.3. The number of thiazole rings is 2. The van der Waals surface area contributed by atoms with Crippen molar-refractivity contribution in [3.05, 3.63) is 58.2 Å². The van der Waals surface area contributed by atoms with Crippen LogP contribution in [0.1, 0.15) is 22.6 Å². The van der Waals surface area contributed by atoms with E-state index in [4.69, 9.17) is 4.42 Å². The third-order valence-corrected chi connectivity index (χ3v) is 6.23. The van der Waals surface area contributed by atoms with E-state index in [0.29, 0.717) is 6.54 Å². The zero-order chi connectivity index (χ0) is 20.1. The van der Waals surface area contributed by atoms with Crippen molar-refractivity contribution in [2.24, 2.45) is 4.99 Å². The van der Waals surface area contributed by atoms with Gasteiger partial charge in [-0.05, 0) is 38.1 Å². The number of hydrogen-bond donors (Lipinski definition) is 2. The highest BCUT2D eigenvalue weighted by atomic mass is 127. The minimum atomic E-state index is 0. The number of aryl methyl sites for hydroxylation is 1. The molecule has 0 fully saturated rings. The first kappa shape index (κ1) is 22.7. The molecule has 9 heteroatoms. The van der Waals surface area contributed by atoms with Crippen LogP contribution in [0.4, 0.5) is 0 Å². The molecule has 0 unspecified atom stereocenters. The first-order valence-corrected chi connectivity index (χ1v) is 11.2. The summed E-state index contributed by atoms with van der Waals surface area (Å²) in [6, 6.07) is 12.0. The average Bonchev–Trinajstić information content (AvgIpc) is 3.45. The Kier molecular flexibility index (Phi) is 8.23. The zero-order valence-electron chi connectivity index (χ0n) is 16.8. The number of aromatic nitrogens is 2. The van der Waals surface area contributed by atoms with Crippen molar-refractivity contribution < 1.29 is 4.42 Å². The minimum absolute atomic E-state index is 0. The second-order valence-corrected chi connectivity index (χ2v) is 8.84. The molecule has 4 rings (SSSR count). The lowest BCUT2D eigenvalue weighted by Gasteiger charge is -2.10. The predicted molar refractivity (Wildman–Crippen MR) is 136 cm³/mol. The van der Waals surface area contributed by atoms with Crippen LogP contribution >= 0.6 is 46.7 Å². The summed E-state index contributed by atoms with van der Waals surface area (Å²) in [7, 11) is 0. The van der Waals surface area contributed by atoms with Gasteiger partial charge in [-0.3, -0.25) is 0 Å². The van der Waals surface area contributed by atoms with Gasteiger partial charge in [-0.1, -0.05) is 12.1 Å². The normalized spacial score (nSPS) is 11.5. The fourth-order valence-electron chi connectivity index (χ4n) is 2.86. The number of nitrogens with zero attached hydrogens (tertiary/aromatic N) is 3. The molecular weight excluding hydrogens is 529 g/mol. The van der Waals surface area contributed by atoms with Crippen LogP contribution in [0, 0.1) is 6.92 Å². The van der Waals surface area contributed by atoms with Crippen LogP contribution in [0.5, 0.6) is 0 Å². The van der Waals surface area contributed by atoms with Gasteiger partial charge in [0.15, 0.2) is 16.7 Å². The van der Waals surface area contributed by atoms with E-state index >= 15 is 0 Å². The Morgan fingerprint density at radius 2 is 2.00 bits per heavy atom. The molecule has 0 saturated carbocycles. The highest BCUT2D eigenvalue weighted by Gasteiger charge is 2.10. The average molecular weight is 553 g/mol. The predicted octanol–water partition coefficient (Wildman–Crippen LogP) is 5.24. The molecule has 4 aromatic rings. The van der Waals surface area contributed by atoms with Gasteiger partial charge in [0.25, 0.3) is 0 Å². The van der Waals surface area contributed by atoms with E-state index in [-0.39, 0.29) is 24.0 Å². The molecule has 0 saturated heterocycles. The highest BCUT2D eigenvalue weighted by molar-refractivity contribution is 14.0. The van der Waals surface area contributed by atoms with Crippen LogP contribution in [0.25, 0.3) is 21.0 Å². The van der Waals surface area contributed by atoms with Gasteiger partial charge in [-0.25, -0.2) is 15.0 Å². The Hall–Kier alpha value is -1.98. The SMILES string of the molecule is CCNC(=NCc1ccc(-c2nc3ccccc3s2)o1)NCCc1ncc(C)s1.I. The van der Waals surface area contributed by atoms with Crippen LogP contribution < -0.4 is 10.6 Å². The van der Waals surface area contributed by atoms with Gasteiger partial charge < -0.3 is 15.1 Å². The molecule has 0 bridgehead atoms. The molecule has 0 aliphatic carbocycles. The second-order valence-electron chi connectivity index (χ2n) is 6.49. The summed E-state index contributed by atoms with van der Waals surface area (Å²) < 4.78 is 7.14. The van der Waals surface area contributed by atoms with Gasteiger partial charge >= 0.3 is 0 Å². The molecule has 3 aromatic heterocycles. The summed E-state index contributed by atoms with van der Waals surface area (Å²) in [6.45, 7) is 6.19. The first-order chi connectivity index (χ1) is 14.2. The number of nitrogens with one attached hydrogen (secondary N) is 2. The first-order valence-electron chi connectivity index (χ1n) is 9.59. The molecule has 0 amide bonds. The van der Waals surface area contributed by atoms with Crippen LogP contribution in [0.15, 0.2) is 52.0 Å². The number of fused-ring (bicyclic) bond motifs is 1. The summed E-state index contributed by atoms with van der Waals surface area (Å²) >= 11 is 3.37. The minimum Gasteiger partial charge on any atom is -0.457 e. The van der Waals surface area contributed by atoms with Gasteiger partial charge in [0.2, 0.25) is 0 Å². The number of halogens is 1. The fraction of sp³-hybridized carbons (Fsp3) is 0.286. The third kappa shape index (κ3) is 5.79. The molecule has 2 N–H and O–H groups in total. The fourth-order valence-corrected chi connectivity index (χ4v) is 4.57. The molecular formula is C21H24IN5OS2. The van der Waals surface area contributed by atoms with Crippen LogP contribution in [-0.4, -0.2) is 29.0 Å². The molecule has 30 heavy (non-hydrogen) atoms. The van der Waals surface area contributed by atoms with E-state index in [1.807, 2.05) is 36.5 Å². The number of hydrogen-bond acceptors (Lipinski definition) is 6. The summed E-state index contributed by atoms with van der Waals surface area (Å²) in [6.07, 6.45) is 2.80. The molecule has 3 heterocycles. The van der Waals surface area contributed by atoms with Crippen molar-refractivity contribution in [2.45, 2.75) is 26.8 Å². The standard InChI is InChI=1S/C21H23N5OS2.HI/c1-3-22-21(23-11-10-19-24-12-14(2)28-19)25-13-15-8-9-17(27-15)20-26-16-6-4-5-7-18(16)29-20;/h4-9,12H,3,10-11,13H2,1-2H3,(H2,22,23,25);1H. The van der Waals surface area contributed by atoms with E-state index in [1.165, 1.54) is 4.88 Å². The Labute approximate surface area is 200 Å². The summed E-state index contributed by atoms with van der Waals surface area (Å²) in [5.74, 6) is 2.37. The van der Waals surface area contributed by atoms with Crippen LogP contribution in [0.2, 0.25) is 0 Å². The number of aliphatic imine (C=N–C) groups is 1. The summed E-state index contributed by atoms with van der Waals surface area (Å²) in [5, 5.41) is 8.66. The Balaban J connectivity index is 0.00000256. The Morgan fingerprint density at radius 3 is 2.77 bits per heavy atom. The molecule has 0 atom stereocenters. The number of rotatable bonds is 7. The maximum atomic E-state index is 5.98. The van der Waals surface area contributed by atoms with Crippen LogP contribution in [-0.2, 0) is 13.0 Å². The van der Waals surface area contributed by atoms with Gasteiger partial charge in [0.05, 0.1) is 15.2 Å². The molecule has 1 aromatic carbocycles. The molecule has 158 valence electrons. The van der Waals surface area contributed by atoms with Gasteiger partial charge in [0.1, 0.15) is 12.3 Å². The van der Waals surface area contributed by atoms with Crippen molar-refractivity contribution in [1.29, 1.82) is 0 Å². The van der Waals surface area contributed by atoms with Crippen molar-refractivity contribution in [3.63, 3.8) is 0 Å². The maximum Gasteiger partial charge on any atom is 0.191 e. The number of guanidine groups is 1. The Bertz CT molecular complexity index is 1080. The van der Waals surface area contributed by atoms with Gasteiger partial charge in [-0.2, -0.15) is 0 Å². The van der Waals surface area contributed by atoms with E-state index in [0.717, 1.165) is 57.2 Å². The maximum absolute atomic E-state index is 5.98. The lowest BCUT2D eigenvalue weighted by molar-refractivity contribution is 0.524. The van der Waals surface area contributed by atoms with Crippen LogP contribution in [0.3, 0.4) is 0 Å². The zero-order valence-corrected chi connectivity index (χ0v) is 20.8. The Morgan fingerprint density at radius 1 is 1.13 bits per heavy atom. The van der Waals surface area contributed by atoms with E-state index in [2.05, 4.69) is 45.5 Å². The number of para-hydroxylation sites is 1. The number of furan rings is 1.